The molecule has 0 saturated heterocycles. The van der Waals surface area contributed by atoms with Crippen LogP contribution in [0, 0.1) is 0 Å². The Morgan fingerprint density at radius 1 is 1.11 bits per heavy atom. The van der Waals surface area contributed by atoms with Crippen LogP contribution >= 0.6 is 11.3 Å². The molecule has 1 aliphatic heterocycles. The second-order valence-electron chi connectivity index (χ2n) is 7.70. The number of hydrogen-bond acceptors (Lipinski definition) is 8. The molecule has 0 amide bonds. The second kappa shape index (κ2) is 10.1. The number of benzene rings is 2. The topological polar surface area (TPSA) is 96.2 Å². The number of allylic oxidation sites excluding steroid dienone is 1. The zero-order valence-corrected chi connectivity index (χ0v) is 20.5. The van der Waals surface area contributed by atoms with Crippen LogP contribution in [-0.2, 0) is 14.3 Å². The van der Waals surface area contributed by atoms with Gasteiger partial charge in [-0.25, -0.2) is 9.79 Å². The van der Waals surface area contributed by atoms with Crippen LogP contribution in [-0.4, -0.2) is 30.7 Å². The summed E-state index contributed by atoms with van der Waals surface area (Å²) >= 11 is 1.24. The van der Waals surface area contributed by atoms with Crippen molar-refractivity contribution >= 4 is 29.4 Å². The second-order valence-corrected chi connectivity index (χ2v) is 8.71. The zero-order chi connectivity index (χ0) is 25.1. The summed E-state index contributed by atoms with van der Waals surface area (Å²) in [7, 11) is 2.79. The van der Waals surface area contributed by atoms with Gasteiger partial charge in [0.2, 0.25) is 0 Å². The number of carbonyl (C=O) groups excluding carboxylic acids is 2. The molecule has 0 saturated carbocycles. The van der Waals surface area contributed by atoms with E-state index >= 15 is 0 Å². The zero-order valence-electron chi connectivity index (χ0n) is 19.7. The lowest BCUT2D eigenvalue weighted by atomic mass is 9.95. The van der Waals surface area contributed by atoms with Crippen LogP contribution < -0.4 is 24.4 Å². The largest absolute Gasteiger partial charge is 0.493 e. The van der Waals surface area contributed by atoms with E-state index in [2.05, 4.69) is 4.99 Å². The summed E-state index contributed by atoms with van der Waals surface area (Å²) < 4.78 is 17.5. The number of hydrogen-bond donors (Lipinski definition) is 0. The highest BCUT2D eigenvalue weighted by Crippen LogP contribution is 2.32. The van der Waals surface area contributed by atoms with Gasteiger partial charge in [0.15, 0.2) is 16.3 Å². The fourth-order valence-electron chi connectivity index (χ4n) is 3.98. The normalized spacial score (nSPS) is 15.3. The molecular weight excluding hydrogens is 468 g/mol. The van der Waals surface area contributed by atoms with Crippen molar-refractivity contribution in [2.75, 3.05) is 14.2 Å². The van der Waals surface area contributed by atoms with Gasteiger partial charge in [0.25, 0.3) is 5.56 Å². The number of ether oxygens (including phenoxy) is 3. The average Bonchev–Trinajstić information content (AvgIpc) is 3.17. The van der Waals surface area contributed by atoms with Crippen molar-refractivity contribution in [1.29, 1.82) is 0 Å². The van der Waals surface area contributed by atoms with Crippen LogP contribution in [0.1, 0.15) is 37.4 Å². The van der Waals surface area contributed by atoms with E-state index in [1.54, 1.807) is 28.8 Å². The lowest BCUT2D eigenvalue weighted by molar-refractivity contribution is -0.136. The average molecular weight is 493 g/mol. The Morgan fingerprint density at radius 3 is 2.49 bits per heavy atom. The molecule has 0 N–H and O–H groups in total. The minimum Gasteiger partial charge on any atom is -0.493 e. The SMILES string of the molecule is CCC1=C(C(=O)OC)[C@@H](c2ccccc2)n2c(s/c(=C\c3ccc(OC(C)=O)c(OC)c3)c2=O)=N1. The Labute approximate surface area is 205 Å². The molecule has 0 fully saturated rings. The van der Waals surface area contributed by atoms with E-state index in [9.17, 15) is 14.4 Å². The summed E-state index contributed by atoms with van der Waals surface area (Å²) in [5, 5.41) is 0. The highest BCUT2D eigenvalue weighted by molar-refractivity contribution is 7.07. The molecule has 0 bridgehead atoms. The number of aromatic nitrogens is 1. The van der Waals surface area contributed by atoms with E-state index in [0.29, 0.717) is 38.3 Å². The van der Waals surface area contributed by atoms with Crippen molar-refractivity contribution in [2.45, 2.75) is 26.3 Å². The van der Waals surface area contributed by atoms with Gasteiger partial charge in [-0.2, -0.15) is 0 Å². The lowest BCUT2D eigenvalue weighted by Crippen LogP contribution is -2.40. The predicted molar refractivity (Wildman–Crippen MR) is 131 cm³/mol. The van der Waals surface area contributed by atoms with Gasteiger partial charge in [-0.1, -0.05) is 54.7 Å². The fourth-order valence-corrected chi connectivity index (χ4v) is 5.00. The van der Waals surface area contributed by atoms with E-state index in [1.165, 1.54) is 32.5 Å². The number of methoxy groups -OCH3 is 2. The summed E-state index contributed by atoms with van der Waals surface area (Å²) in [4.78, 5) is 42.9. The number of nitrogens with zero attached hydrogens (tertiary/aromatic N) is 2. The Kier molecular flexibility index (Phi) is 6.97. The number of fused-ring (bicyclic) bond motifs is 1. The number of esters is 2. The fraction of sp³-hybridized carbons (Fsp3) is 0.231. The molecule has 1 atom stereocenters. The van der Waals surface area contributed by atoms with E-state index < -0.39 is 18.0 Å². The first-order valence-corrected chi connectivity index (χ1v) is 11.7. The molecule has 0 aliphatic carbocycles. The van der Waals surface area contributed by atoms with Crippen molar-refractivity contribution in [2.24, 2.45) is 4.99 Å². The minimum atomic E-state index is -0.655. The predicted octanol–water partition coefficient (Wildman–Crippen LogP) is 2.73. The molecule has 0 unspecified atom stereocenters. The van der Waals surface area contributed by atoms with Crippen molar-refractivity contribution in [3.63, 3.8) is 0 Å². The van der Waals surface area contributed by atoms with Gasteiger partial charge >= 0.3 is 11.9 Å². The number of thiazole rings is 1. The van der Waals surface area contributed by atoms with Gasteiger partial charge in [-0.3, -0.25) is 14.2 Å². The van der Waals surface area contributed by atoms with Gasteiger partial charge in [-0.15, -0.1) is 0 Å². The van der Waals surface area contributed by atoms with Gasteiger partial charge < -0.3 is 14.2 Å². The lowest BCUT2D eigenvalue weighted by Gasteiger charge is -2.25. The molecule has 4 rings (SSSR count). The summed E-state index contributed by atoms with van der Waals surface area (Å²) in [5.74, 6) is -0.318. The van der Waals surface area contributed by atoms with E-state index in [-0.39, 0.29) is 11.3 Å². The molecule has 8 nitrogen and oxygen atoms in total. The Morgan fingerprint density at radius 2 is 1.86 bits per heavy atom. The summed E-state index contributed by atoms with van der Waals surface area (Å²) in [6, 6.07) is 13.7. The maximum Gasteiger partial charge on any atom is 0.338 e. The Balaban J connectivity index is 1.91. The maximum atomic E-state index is 13.6. The van der Waals surface area contributed by atoms with E-state index in [1.807, 2.05) is 37.3 Å². The molecule has 35 heavy (non-hydrogen) atoms. The molecule has 0 radical (unpaired) electrons. The molecule has 0 spiro atoms. The van der Waals surface area contributed by atoms with Crippen LogP contribution in [0.4, 0.5) is 0 Å². The van der Waals surface area contributed by atoms with Crippen molar-refractivity contribution < 1.29 is 23.8 Å². The molecule has 3 aromatic rings. The van der Waals surface area contributed by atoms with Crippen LogP contribution in [0.15, 0.2) is 69.6 Å². The van der Waals surface area contributed by atoms with Gasteiger partial charge in [0.1, 0.15) is 0 Å². The van der Waals surface area contributed by atoms with Gasteiger partial charge in [-0.05, 0) is 35.8 Å². The molecule has 2 heterocycles. The number of rotatable bonds is 6. The Bertz CT molecular complexity index is 1500. The molecular formula is C26H24N2O6S. The van der Waals surface area contributed by atoms with E-state index in [0.717, 1.165) is 5.56 Å². The van der Waals surface area contributed by atoms with Crippen molar-refractivity contribution in [1.82, 2.24) is 4.57 Å². The van der Waals surface area contributed by atoms with Crippen LogP contribution in [0.25, 0.3) is 6.08 Å². The molecule has 2 aromatic carbocycles. The third-order valence-corrected chi connectivity index (χ3v) is 6.49. The molecule has 9 heteroatoms. The first-order valence-electron chi connectivity index (χ1n) is 10.9. The monoisotopic (exact) mass is 492 g/mol. The summed E-state index contributed by atoms with van der Waals surface area (Å²) in [6.07, 6.45) is 2.23. The third-order valence-electron chi connectivity index (χ3n) is 5.50. The van der Waals surface area contributed by atoms with Crippen molar-refractivity contribution in [3.05, 3.63) is 90.6 Å². The van der Waals surface area contributed by atoms with Crippen LogP contribution in [0.3, 0.4) is 0 Å². The summed E-state index contributed by atoms with van der Waals surface area (Å²) in [5.41, 5.74) is 2.14. The van der Waals surface area contributed by atoms with Gasteiger partial charge in [0, 0.05) is 6.92 Å². The number of carbonyl (C=O) groups is 2. The first-order chi connectivity index (χ1) is 16.9. The Hall–Kier alpha value is -3.98. The standard InChI is InChI=1S/C26H24N2O6S/c1-5-18-22(25(31)33-4)23(17-9-7-6-8-10-17)28-24(30)21(35-26(28)27-18)14-16-11-12-19(34-15(2)29)20(13-16)32-3/h6-14,23H,5H2,1-4H3/b21-14-/t23-/m1/s1. The van der Waals surface area contributed by atoms with Gasteiger partial charge in [0.05, 0.1) is 36.1 Å². The van der Waals surface area contributed by atoms with Crippen molar-refractivity contribution in [3.8, 4) is 11.5 Å². The van der Waals surface area contributed by atoms with Crippen LogP contribution in [0.2, 0.25) is 0 Å². The quantitative estimate of drug-likeness (QED) is 0.388. The highest BCUT2D eigenvalue weighted by atomic mass is 32.1. The third kappa shape index (κ3) is 4.67. The minimum absolute atomic E-state index is 0.276. The maximum absolute atomic E-state index is 13.6. The first kappa shape index (κ1) is 24.2. The van der Waals surface area contributed by atoms with E-state index in [4.69, 9.17) is 14.2 Å². The smallest absolute Gasteiger partial charge is 0.338 e. The highest BCUT2D eigenvalue weighted by Gasteiger charge is 2.33. The molecule has 1 aromatic heterocycles. The molecule has 1 aliphatic rings. The summed E-state index contributed by atoms with van der Waals surface area (Å²) in [6.45, 7) is 3.22. The van der Waals surface area contributed by atoms with Crippen LogP contribution in [0.5, 0.6) is 11.5 Å². The molecule has 180 valence electrons.